The van der Waals surface area contributed by atoms with Crippen LogP contribution in [0.25, 0.3) is 0 Å². The monoisotopic (exact) mass is 893 g/mol. The maximum atomic E-state index is 13.0. The summed E-state index contributed by atoms with van der Waals surface area (Å²) >= 11 is 0. The number of carbonyl (C=O) groups is 2. The fourth-order valence-electron chi connectivity index (χ4n) is 7.98. The predicted octanol–water partition coefficient (Wildman–Crippen LogP) is 6.04. The van der Waals surface area contributed by atoms with Crippen molar-refractivity contribution in [2.24, 2.45) is 0 Å². The second-order valence-corrected chi connectivity index (χ2v) is 17.7. The van der Waals surface area contributed by atoms with Gasteiger partial charge in [-0.3, -0.25) is 9.59 Å². The molecule has 2 aliphatic rings. The van der Waals surface area contributed by atoms with Crippen LogP contribution in [-0.2, 0) is 38.0 Å². The quantitative estimate of drug-likeness (QED) is 0.0277. The molecule has 0 bridgehead atoms. The Hall–Kier alpha value is -1.50. The van der Waals surface area contributed by atoms with Crippen molar-refractivity contribution in [1.29, 1.82) is 0 Å². The highest BCUT2D eigenvalue weighted by Crippen LogP contribution is 2.26. The average molecular weight is 893 g/mol. The van der Waals surface area contributed by atoms with Crippen molar-refractivity contribution < 1.29 is 73.8 Å². The molecule has 2 saturated heterocycles. The van der Waals surface area contributed by atoms with E-state index in [0.29, 0.717) is 12.8 Å². The molecule has 2 aliphatic heterocycles. The first-order chi connectivity index (χ1) is 30.0. The Morgan fingerprint density at radius 3 is 1.26 bits per heavy atom. The van der Waals surface area contributed by atoms with E-state index in [-0.39, 0.29) is 26.1 Å². The zero-order chi connectivity index (χ0) is 45.4. The first-order valence-electron chi connectivity index (χ1n) is 24.6. The summed E-state index contributed by atoms with van der Waals surface area (Å²) in [5.74, 6) is -0.913. The summed E-state index contributed by atoms with van der Waals surface area (Å²) in [6.45, 7) is 2.60. The third kappa shape index (κ3) is 24.1. The number of unbranched alkanes of at least 4 members (excludes halogenated alkanes) is 24. The third-order valence-corrected chi connectivity index (χ3v) is 12.1. The number of hydrogen-bond acceptors (Lipinski definition) is 15. The fraction of sp³-hybridized carbons (Fsp3) is 0.957. The third-order valence-electron chi connectivity index (χ3n) is 12.1. The van der Waals surface area contributed by atoms with Gasteiger partial charge in [-0.05, 0) is 12.8 Å². The zero-order valence-electron chi connectivity index (χ0n) is 38.4. The van der Waals surface area contributed by atoms with Crippen LogP contribution in [-0.4, -0.2) is 142 Å². The molecule has 0 spiro atoms. The van der Waals surface area contributed by atoms with Gasteiger partial charge in [-0.15, -0.1) is 0 Å². The lowest BCUT2D eigenvalue weighted by Crippen LogP contribution is -2.61. The summed E-state index contributed by atoms with van der Waals surface area (Å²) in [7, 11) is 0. The molecule has 2 rings (SSSR count). The Balaban J connectivity index is 1.83. The minimum atomic E-state index is -1.76. The maximum Gasteiger partial charge on any atom is 0.306 e. The SMILES string of the molecule is CCCCCCCCCCCCCCCC(=O)OC[C@@H](CO[C@@H]1O[C@H](CO[C@@H]2O[C@H](CO)[C@H](O)[C@H](O)[C@H]2O)[C@H](O)[C@H](O)[C@H]1O)OC(=O)CCCCCCCCCCCCCCC. The van der Waals surface area contributed by atoms with Crippen LogP contribution in [0.5, 0.6) is 0 Å². The van der Waals surface area contributed by atoms with E-state index in [1.54, 1.807) is 0 Å². The van der Waals surface area contributed by atoms with Gasteiger partial charge in [-0.1, -0.05) is 168 Å². The van der Waals surface area contributed by atoms with Crippen molar-refractivity contribution in [2.45, 2.75) is 261 Å². The lowest BCUT2D eigenvalue weighted by molar-refractivity contribution is -0.332. The van der Waals surface area contributed by atoms with Gasteiger partial charge in [0.25, 0.3) is 0 Å². The van der Waals surface area contributed by atoms with E-state index in [9.17, 15) is 45.3 Å². The number of hydrogen-bond donors (Lipinski definition) is 7. The largest absolute Gasteiger partial charge is 0.462 e. The number of carbonyl (C=O) groups excluding carboxylic acids is 2. The second-order valence-electron chi connectivity index (χ2n) is 17.7. The van der Waals surface area contributed by atoms with Crippen molar-refractivity contribution in [2.75, 3.05) is 26.4 Å². The summed E-state index contributed by atoms with van der Waals surface area (Å²) in [5.41, 5.74) is 0. The highest BCUT2D eigenvalue weighted by molar-refractivity contribution is 5.70. The summed E-state index contributed by atoms with van der Waals surface area (Å²) < 4.78 is 33.5. The van der Waals surface area contributed by atoms with Crippen molar-refractivity contribution >= 4 is 11.9 Å². The van der Waals surface area contributed by atoms with Crippen LogP contribution < -0.4 is 0 Å². The first kappa shape index (κ1) is 56.6. The molecule has 0 saturated carbocycles. The molecule has 7 N–H and O–H groups in total. The average Bonchev–Trinajstić information content (AvgIpc) is 3.26. The van der Waals surface area contributed by atoms with Crippen LogP contribution in [0.4, 0.5) is 0 Å². The second kappa shape index (κ2) is 35.7. The first-order valence-corrected chi connectivity index (χ1v) is 24.6. The lowest BCUT2D eigenvalue weighted by atomic mass is 9.98. The lowest BCUT2D eigenvalue weighted by Gasteiger charge is -2.42. The molecule has 0 aromatic heterocycles. The zero-order valence-corrected chi connectivity index (χ0v) is 38.4. The number of aliphatic hydroxyl groups is 7. The normalized spacial score (nSPS) is 27.0. The predicted molar refractivity (Wildman–Crippen MR) is 234 cm³/mol. The molecule has 0 aromatic carbocycles. The highest BCUT2D eigenvalue weighted by Gasteiger charge is 2.47. The van der Waals surface area contributed by atoms with Crippen LogP contribution in [0.2, 0.25) is 0 Å². The molecule has 0 amide bonds. The summed E-state index contributed by atoms with van der Waals surface area (Å²) in [6, 6.07) is 0. The standard InChI is InChI=1S/C47H88O15/c1-3-5-7-9-11-13-15-17-19-21-23-25-27-29-38(49)57-32-35(60-39(50)30-28-26-24-22-20-18-16-14-12-10-8-6-4-2)33-58-46-45(56)43(54)41(52)37(62-46)34-59-47-44(55)42(53)40(51)36(31-48)61-47/h35-37,40-48,51-56H,3-34H2,1-2H3/t35-,36+,37+,40-,41-,42-,43-,44+,45+,46+,47+/m0/s1. The number of ether oxygens (including phenoxy) is 6. The molecule has 62 heavy (non-hydrogen) atoms. The molecule has 15 heteroatoms. The summed E-state index contributed by atoms with van der Waals surface area (Å²) in [5, 5.41) is 71.9. The smallest absolute Gasteiger partial charge is 0.306 e. The Labute approximate surface area is 372 Å². The molecule has 15 nitrogen and oxygen atoms in total. The molecule has 0 aromatic rings. The number of rotatable bonds is 38. The molecule has 2 heterocycles. The van der Waals surface area contributed by atoms with Gasteiger partial charge >= 0.3 is 11.9 Å². The number of aliphatic hydroxyl groups excluding tert-OH is 7. The van der Waals surface area contributed by atoms with Gasteiger partial charge in [-0.2, -0.15) is 0 Å². The molecule has 0 unspecified atom stereocenters. The van der Waals surface area contributed by atoms with E-state index in [1.807, 2.05) is 0 Å². The Morgan fingerprint density at radius 1 is 0.452 bits per heavy atom. The van der Waals surface area contributed by atoms with Crippen LogP contribution in [0.3, 0.4) is 0 Å². The van der Waals surface area contributed by atoms with Gasteiger partial charge in [-0.25, -0.2) is 0 Å². The van der Waals surface area contributed by atoms with Crippen molar-refractivity contribution in [3.63, 3.8) is 0 Å². The highest BCUT2D eigenvalue weighted by atomic mass is 16.7. The Morgan fingerprint density at radius 2 is 0.823 bits per heavy atom. The van der Waals surface area contributed by atoms with Crippen LogP contribution in [0, 0.1) is 0 Å². The van der Waals surface area contributed by atoms with Crippen molar-refractivity contribution in [3.8, 4) is 0 Å². The van der Waals surface area contributed by atoms with Gasteiger partial charge in [0.2, 0.25) is 0 Å². The summed E-state index contributed by atoms with van der Waals surface area (Å²) in [4.78, 5) is 25.7. The van der Waals surface area contributed by atoms with Crippen LogP contribution >= 0.6 is 0 Å². The summed E-state index contributed by atoms with van der Waals surface area (Å²) in [6.07, 6.45) is 14.2. The van der Waals surface area contributed by atoms with Crippen molar-refractivity contribution in [1.82, 2.24) is 0 Å². The maximum absolute atomic E-state index is 13.0. The van der Waals surface area contributed by atoms with E-state index >= 15 is 0 Å². The Kier molecular flexibility index (Phi) is 32.6. The van der Waals surface area contributed by atoms with Gasteiger partial charge in [0.1, 0.15) is 55.4 Å². The van der Waals surface area contributed by atoms with E-state index in [2.05, 4.69) is 13.8 Å². The number of esters is 2. The van der Waals surface area contributed by atoms with Gasteiger partial charge < -0.3 is 64.2 Å². The van der Waals surface area contributed by atoms with Gasteiger partial charge in [0.05, 0.1) is 19.8 Å². The molecule has 0 aliphatic carbocycles. The molecular weight excluding hydrogens is 805 g/mol. The molecule has 2 fully saturated rings. The minimum Gasteiger partial charge on any atom is -0.462 e. The van der Waals surface area contributed by atoms with E-state index in [1.165, 1.54) is 116 Å². The molecule has 366 valence electrons. The molecule has 11 atom stereocenters. The molecule has 0 radical (unpaired) electrons. The minimum absolute atomic E-state index is 0.173. The van der Waals surface area contributed by atoms with Crippen LogP contribution in [0.15, 0.2) is 0 Å². The van der Waals surface area contributed by atoms with Gasteiger partial charge in [0, 0.05) is 12.8 Å². The van der Waals surface area contributed by atoms with E-state index in [4.69, 9.17) is 28.4 Å². The van der Waals surface area contributed by atoms with Crippen LogP contribution in [0.1, 0.15) is 194 Å². The fourth-order valence-corrected chi connectivity index (χ4v) is 7.98. The Bertz CT molecular complexity index is 1100. The van der Waals surface area contributed by atoms with Crippen molar-refractivity contribution in [3.05, 3.63) is 0 Å². The topological polar surface area (TPSA) is 231 Å². The molecular formula is C47H88O15. The van der Waals surface area contributed by atoms with E-state index in [0.717, 1.165) is 38.5 Å². The van der Waals surface area contributed by atoms with E-state index < -0.39 is 92.7 Å². The van der Waals surface area contributed by atoms with Gasteiger partial charge in [0.15, 0.2) is 18.7 Å².